The number of carboxylic acids is 1. The van der Waals surface area contributed by atoms with Crippen molar-refractivity contribution in [1.82, 2.24) is 0 Å². The number of anilines is 1. The largest absolute Gasteiger partial charge is 0.482 e. The second-order valence-corrected chi connectivity index (χ2v) is 9.18. The molecule has 38 heavy (non-hydrogen) atoms. The maximum Gasteiger partial charge on any atom is 0.379 e. The number of carboxylic acid groups (broad SMARTS) is 1. The van der Waals surface area contributed by atoms with Crippen LogP contribution in [-0.2, 0) is 16.0 Å². The molecule has 6 nitrogen and oxygen atoms in total. The first-order chi connectivity index (χ1) is 18.0. The Bertz CT molecular complexity index is 1280. The van der Waals surface area contributed by atoms with E-state index in [9.17, 15) is 27.9 Å². The summed E-state index contributed by atoms with van der Waals surface area (Å²) in [6.45, 7) is -1.75. The maximum absolute atomic E-state index is 12.0. The van der Waals surface area contributed by atoms with E-state index in [0.717, 1.165) is 22.3 Å². The van der Waals surface area contributed by atoms with Gasteiger partial charge in [0.15, 0.2) is 6.61 Å². The monoisotopic (exact) mass is 549 g/mol. The fourth-order valence-corrected chi connectivity index (χ4v) is 4.48. The zero-order chi connectivity index (χ0) is 28.0. The first-order valence-electron chi connectivity index (χ1n) is 11.7. The van der Waals surface area contributed by atoms with Crippen LogP contribution in [-0.4, -0.2) is 42.4 Å². The number of rotatable bonds is 7. The molecule has 1 aliphatic rings. The van der Waals surface area contributed by atoms with Gasteiger partial charge in [0.05, 0.1) is 11.8 Å². The van der Waals surface area contributed by atoms with Crippen LogP contribution in [0, 0.1) is 0 Å². The topological polar surface area (TPSA) is 87.1 Å². The summed E-state index contributed by atoms with van der Waals surface area (Å²) in [5, 5.41) is 20.5. The van der Waals surface area contributed by atoms with Gasteiger partial charge in [-0.3, -0.25) is 9.59 Å². The molecule has 3 aromatic carbocycles. The number of halogens is 4. The van der Waals surface area contributed by atoms with Crippen molar-refractivity contribution in [2.75, 3.05) is 18.6 Å². The van der Waals surface area contributed by atoms with Gasteiger partial charge in [-0.25, -0.2) is 0 Å². The normalized spacial score (nSPS) is 14.2. The van der Waals surface area contributed by atoms with Gasteiger partial charge in [0.2, 0.25) is 0 Å². The molecule has 0 aromatic heterocycles. The summed E-state index contributed by atoms with van der Waals surface area (Å²) < 4.78 is 34.5. The Balaban J connectivity index is 0.000000934. The molecule has 0 saturated heterocycles. The van der Waals surface area contributed by atoms with Crippen molar-refractivity contribution < 1.29 is 37.7 Å². The summed E-state index contributed by atoms with van der Waals surface area (Å²) in [5.74, 6) is -0.627. The predicted molar refractivity (Wildman–Crippen MR) is 139 cm³/mol. The number of benzene rings is 3. The van der Waals surface area contributed by atoms with Crippen LogP contribution in [0.4, 0.5) is 18.9 Å². The Morgan fingerprint density at radius 2 is 1.68 bits per heavy atom. The molecule has 2 N–H and O–H groups in total. The van der Waals surface area contributed by atoms with Crippen LogP contribution < -0.4 is 9.64 Å². The number of aliphatic hydroxyl groups is 1. The number of hydrogen-bond acceptors (Lipinski definition) is 4. The third kappa shape index (κ3) is 7.26. The zero-order valence-electron chi connectivity index (χ0n) is 20.7. The van der Waals surface area contributed by atoms with E-state index >= 15 is 0 Å². The SMILES string of the molecule is C[C@@H](c1ccc(-c2ccc(CCC(=O)O)cc2)cc1Cl)C(O)c1ccc2c(c1)N(C)C(=O)CO2.FC(F)F. The Morgan fingerprint density at radius 3 is 2.29 bits per heavy atom. The van der Waals surface area contributed by atoms with Gasteiger partial charge < -0.3 is 19.8 Å². The van der Waals surface area contributed by atoms with Gasteiger partial charge in [-0.1, -0.05) is 61.0 Å². The van der Waals surface area contributed by atoms with Gasteiger partial charge >= 0.3 is 12.6 Å². The maximum atomic E-state index is 12.0. The average molecular weight is 550 g/mol. The van der Waals surface area contributed by atoms with E-state index in [4.69, 9.17) is 21.4 Å². The van der Waals surface area contributed by atoms with Crippen LogP contribution in [0.25, 0.3) is 11.1 Å². The van der Waals surface area contributed by atoms with E-state index in [1.54, 1.807) is 25.2 Å². The number of ether oxygens (including phenoxy) is 1. The van der Waals surface area contributed by atoms with Crippen LogP contribution in [0.3, 0.4) is 0 Å². The quantitative estimate of drug-likeness (QED) is 0.356. The number of carbonyl (C=O) groups excluding carboxylic acids is 1. The van der Waals surface area contributed by atoms with Crippen molar-refractivity contribution in [3.05, 3.63) is 82.4 Å². The van der Waals surface area contributed by atoms with E-state index in [2.05, 4.69) is 0 Å². The molecule has 0 radical (unpaired) electrons. The van der Waals surface area contributed by atoms with E-state index in [-0.39, 0.29) is 24.9 Å². The Hall–Kier alpha value is -3.56. The molecule has 2 atom stereocenters. The first kappa shape index (κ1) is 29.0. The Labute approximate surface area is 223 Å². The number of nitrogens with zero attached hydrogens (tertiary/aromatic N) is 1. The Morgan fingerprint density at radius 1 is 1.05 bits per heavy atom. The average Bonchev–Trinajstić information content (AvgIpc) is 2.88. The molecule has 1 aliphatic heterocycles. The van der Waals surface area contributed by atoms with Gasteiger partial charge in [0.25, 0.3) is 5.91 Å². The van der Waals surface area contributed by atoms with Gasteiger partial charge in [-0.2, -0.15) is 13.2 Å². The van der Waals surface area contributed by atoms with Crippen LogP contribution in [0.2, 0.25) is 5.02 Å². The van der Waals surface area contributed by atoms with Crippen LogP contribution in [0.15, 0.2) is 60.7 Å². The summed E-state index contributed by atoms with van der Waals surface area (Å²) in [6.07, 6.45) is -0.236. The second kappa shape index (κ2) is 12.8. The van der Waals surface area contributed by atoms with Crippen molar-refractivity contribution in [3.8, 4) is 16.9 Å². The van der Waals surface area contributed by atoms with Crippen molar-refractivity contribution in [2.24, 2.45) is 0 Å². The highest BCUT2D eigenvalue weighted by Gasteiger charge is 2.26. The second-order valence-electron chi connectivity index (χ2n) is 8.78. The third-order valence-corrected chi connectivity index (χ3v) is 6.62. The smallest absolute Gasteiger partial charge is 0.379 e. The fraction of sp³-hybridized carbons (Fsp3) is 0.286. The number of likely N-dealkylation sites (N-methyl/N-ethyl adjacent to an activating group) is 1. The molecule has 1 amide bonds. The molecule has 3 aromatic rings. The minimum atomic E-state index is -3.67. The standard InChI is InChI=1S/C27H26ClNO5.CHF3/c1-16(27(33)20-9-11-24-23(14-20)29(2)25(30)15-34-24)21-10-8-19(13-22(21)28)18-6-3-17(4-7-18)5-12-26(31)32;2-1(3)4/h3-4,6-11,13-14,16,27,33H,5,12,15H2,1-2H3,(H,31,32);1H/t16-,27?;/m0./s1. The molecule has 0 spiro atoms. The minimum absolute atomic E-state index is 0.00875. The summed E-state index contributed by atoms with van der Waals surface area (Å²) in [5.41, 5.74) is 5.00. The van der Waals surface area contributed by atoms with Crippen LogP contribution in [0.1, 0.15) is 42.1 Å². The lowest BCUT2D eigenvalue weighted by atomic mass is 9.89. The lowest BCUT2D eigenvalue weighted by molar-refractivity contribution is -0.137. The highest BCUT2D eigenvalue weighted by atomic mass is 35.5. The van der Waals surface area contributed by atoms with E-state index < -0.39 is 18.8 Å². The number of fused-ring (bicyclic) bond motifs is 1. The van der Waals surface area contributed by atoms with Crippen molar-refractivity contribution in [3.63, 3.8) is 0 Å². The predicted octanol–water partition coefficient (Wildman–Crippen LogP) is 6.40. The molecule has 1 heterocycles. The number of hydrogen-bond donors (Lipinski definition) is 2. The number of aryl methyl sites for hydroxylation is 1. The molecule has 4 rings (SSSR count). The highest BCUT2D eigenvalue weighted by Crippen LogP contribution is 2.40. The Kier molecular flexibility index (Phi) is 9.77. The van der Waals surface area contributed by atoms with E-state index in [1.165, 1.54) is 4.90 Å². The summed E-state index contributed by atoms with van der Waals surface area (Å²) >= 11 is 6.63. The summed E-state index contributed by atoms with van der Waals surface area (Å²) in [6, 6.07) is 18.9. The molecular formula is C28H27ClF3NO5. The van der Waals surface area contributed by atoms with Gasteiger partial charge in [-0.05, 0) is 52.4 Å². The van der Waals surface area contributed by atoms with Gasteiger partial charge in [0, 0.05) is 24.4 Å². The minimum Gasteiger partial charge on any atom is -0.482 e. The van der Waals surface area contributed by atoms with Gasteiger partial charge in [0.1, 0.15) is 5.75 Å². The molecule has 10 heteroatoms. The van der Waals surface area contributed by atoms with Crippen LogP contribution >= 0.6 is 11.6 Å². The van der Waals surface area contributed by atoms with Gasteiger partial charge in [-0.15, -0.1) is 0 Å². The molecule has 202 valence electrons. The highest BCUT2D eigenvalue weighted by molar-refractivity contribution is 6.31. The van der Waals surface area contributed by atoms with E-state index in [1.807, 2.05) is 49.4 Å². The van der Waals surface area contributed by atoms with E-state index in [0.29, 0.717) is 28.4 Å². The number of carbonyl (C=O) groups is 2. The summed E-state index contributed by atoms with van der Waals surface area (Å²) in [7, 11) is 1.69. The number of aliphatic carboxylic acids is 1. The first-order valence-corrected chi connectivity index (χ1v) is 12.1. The molecule has 0 saturated carbocycles. The van der Waals surface area contributed by atoms with Crippen molar-refractivity contribution in [2.45, 2.75) is 38.5 Å². The number of aliphatic hydroxyl groups excluding tert-OH is 1. The lowest BCUT2D eigenvalue weighted by Gasteiger charge is -2.28. The molecule has 0 aliphatic carbocycles. The molecule has 0 bridgehead atoms. The van der Waals surface area contributed by atoms with Crippen molar-refractivity contribution in [1.29, 1.82) is 0 Å². The zero-order valence-corrected chi connectivity index (χ0v) is 21.5. The number of amides is 1. The number of alkyl halides is 3. The summed E-state index contributed by atoms with van der Waals surface area (Å²) in [4.78, 5) is 24.3. The fourth-order valence-electron chi connectivity index (χ4n) is 4.12. The lowest BCUT2D eigenvalue weighted by Crippen LogP contribution is -2.35. The third-order valence-electron chi connectivity index (χ3n) is 6.29. The van der Waals surface area contributed by atoms with Crippen molar-refractivity contribution >= 4 is 29.2 Å². The van der Waals surface area contributed by atoms with Crippen LogP contribution in [0.5, 0.6) is 5.75 Å². The molecular weight excluding hydrogens is 523 g/mol. The molecule has 1 unspecified atom stereocenters. The molecule has 0 fully saturated rings.